The van der Waals surface area contributed by atoms with Gasteiger partial charge in [0.05, 0.1) is 23.4 Å². The van der Waals surface area contributed by atoms with Crippen molar-refractivity contribution >= 4 is 35.0 Å². The first kappa shape index (κ1) is 24.3. The molecular formula is C27H22N2O7. The molecule has 0 saturated carbocycles. The summed E-state index contributed by atoms with van der Waals surface area (Å²) in [5, 5.41) is 4.95. The number of para-hydroxylation sites is 1. The van der Waals surface area contributed by atoms with Crippen molar-refractivity contribution in [2.24, 2.45) is 0 Å². The lowest BCUT2D eigenvalue weighted by molar-refractivity contribution is -0.146. The largest absolute Gasteiger partial charge is 0.493 e. The summed E-state index contributed by atoms with van der Waals surface area (Å²) < 4.78 is 10.3. The fraction of sp³-hybridized carbons (Fsp3) is 0.148. The van der Waals surface area contributed by atoms with Crippen LogP contribution in [0.5, 0.6) is 5.75 Å². The maximum Gasteiger partial charge on any atom is 0.325 e. The maximum atomic E-state index is 13.0. The Morgan fingerprint density at radius 3 is 2.22 bits per heavy atom. The molecule has 0 fully saturated rings. The third-order valence-electron chi connectivity index (χ3n) is 5.42. The Labute approximate surface area is 206 Å². The monoisotopic (exact) mass is 486 g/mol. The Morgan fingerprint density at radius 1 is 0.806 bits per heavy atom. The van der Waals surface area contributed by atoms with E-state index in [1.807, 2.05) is 0 Å². The van der Waals surface area contributed by atoms with Crippen LogP contribution in [0.1, 0.15) is 49.1 Å². The molecule has 0 saturated heterocycles. The number of ketones is 2. The Kier molecular flexibility index (Phi) is 7.20. The summed E-state index contributed by atoms with van der Waals surface area (Å²) in [5.41, 5.74) is 1.23. The van der Waals surface area contributed by atoms with Gasteiger partial charge in [-0.05, 0) is 25.1 Å². The van der Waals surface area contributed by atoms with Gasteiger partial charge in [0.25, 0.3) is 11.8 Å². The first-order valence-electron chi connectivity index (χ1n) is 11.2. The predicted molar refractivity (Wildman–Crippen MR) is 129 cm³/mol. The van der Waals surface area contributed by atoms with Crippen LogP contribution in [0.4, 0.5) is 5.69 Å². The fourth-order valence-electron chi connectivity index (χ4n) is 3.82. The zero-order chi connectivity index (χ0) is 25.7. The highest BCUT2D eigenvalue weighted by molar-refractivity contribution is 6.30. The van der Waals surface area contributed by atoms with Crippen LogP contribution in [0.25, 0.3) is 0 Å². The minimum Gasteiger partial charge on any atom is -0.493 e. The molecule has 4 rings (SSSR count). The first-order chi connectivity index (χ1) is 17.4. The molecule has 1 aliphatic rings. The van der Waals surface area contributed by atoms with Gasteiger partial charge in [-0.2, -0.15) is 0 Å². The maximum absolute atomic E-state index is 13.0. The molecule has 182 valence electrons. The van der Waals surface area contributed by atoms with E-state index in [1.165, 1.54) is 12.1 Å². The minimum absolute atomic E-state index is 0.0844. The summed E-state index contributed by atoms with van der Waals surface area (Å²) in [7, 11) is 0. The van der Waals surface area contributed by atoms with Crippen LogP contribution in [0, 0.1) is 0 Å². The second-order valence-corrected chi connectivity index (χ2v) is 7.75. The van der Waals surface area contributed by atoms with E-state index in [4.69, 9.17) is 9.47 Å². The van der Waals surface area contributed by atoms with Gasteiger partial charge in [-0.3, -0.25) is 24.0 Å². The van der Waals surface area contributed by atoms with Crippen molar-refractivity contribution < 1.29 is 33.4 Å². The second kappa shape index (κ2) is 10.6. The summed E-state index contributed by atoms with van der Waals surface area (Å²) in [4.78, 5) is 62.7. The number of carbonyl (C=O) groups excluding carboxylic acids is 5. The molecule has 0 heterocycles. The molecule has 2 amide bonds. The van der Waals surface area contributed by atoms with Crippen molar-refractivity contribution in [1.29, 1.82) is 0 Å². The van der Waals surface area contributed by atoms with E-state index in [-0.39, 0.29) is 39.5 Å². The van der Waals surface area contributed by atoms with Crippen LogP contribution in [0.15, 0.2) is 66.7 Å². The van der Waals surface area contributed by atoms with Gasteiger partial charge in [-0.1, -0.05) is 48.5 Å². The number of benzene rings is 3. The summed E-state index contributed by atoms with van der Waals surface area (Å²) in [6.07, 6.45) is 0. The molecule has 0 radical (unpaired) electrons. The molecule has 9 nitrogen and oxygen atoms in total. The number of nitrogens with one attached hydrogen (secondary N) is 2. The molecule has 3 aromatic rings. The van der Waals surface area contributed by atoms with Crippen LogP contribution in [0.2, 0.25) is 0 Å². The topological polar surface area (TPSA) is 128 Å². The Hall–Kier alpha value is -4.79. The number of esters is 1. The number of amides is 2. The van der Waals surface area contributed by atoms with Gasteiger partial charge in [0.1, 0.15) is 12.3 Å². The van der Waals surface area contributed by atoms with Gasteiger partial charge < -0.3 is 20.1 Å². The molecule has 0 aliphatic heterocycles. The standard InChI is InChI=1S/C27H22N2O7/c1-2-35-21-13-6-5-10-18(21)27(34)28-14-23(31)36-15-22(30)29-20-12-7-11-19-24(20)26(33)17-9-4-3-8-16(17)25(19)32/h3-13H,2,14-15H2,1H3,(H,28,34)(H,29,30). The van der Waals surface area contributed by atoms with Gasteiger partial charge in [0, 0.05) is 16.7 Å². The van der Waals surface area contributed by atoms with Gasteiger partial charge in [-0.25, -0.2) is 0 Å². The number of carbonyl (C=O) groups is 5. The average Bonchev–Trinajstić information content (AvgIpc) is 2.89. The SMILES string of the molecule is CCOc1ccccc1C(=O)NCC(=O)OCC(=O)Nc1cccc2c1C(=O)c1ccccc1C2=O. The average molecular weight is 486 g/mol. The van der Waals surface area contributed by atoms with Crippen LogP contribution in [0.3, 0.4) is 0 Å². The summed E-state index contributed by atoms with van der Waals surface area (Å²) in [6.45, 7) is 1.05. The zero-order valence-electron chi connectivity index (χ0n) is 19.3. The van der Waals surface area contributed by atoms with Crippen molar-refractivity contribution in [3.8, 4) is 5.75 Å². The molecular weight excluding hydrogens is 464 g/mol. The number of ether oxygens (including phenoxy) is 2. The fourth-order valence-corrected chi connectivity index (χ4v) is 3.82. The van der Waals surface area contributed by atoms with Crippen LogP contribution < -0.4 is 15.4 Å². The number of hydrogen-bond acceptors (Lipinski definition) is 7. The van der Waals surface area contributed by atoms with Crippen molar-refractivity contribution in [3.63, 3.8) is 0 Å². The van der Waals surface area contributed by atoms with Gasteiger partial charge in [0.15, 0.2) is 18.2 Å². The van der Waals surface area contributed by atoms with E-state index in [9.17, 15) is 24.0 Å². The van der Waals surface area contributed by atoms with Crippen LogP contribution >= 0.6 is 0 Å². The summed E-state index contributed by atoms with van der Waals surface area (Å²) >= 11 is 0. The van der Waals surface area contributed by atoms with E-state index >= 15 is 0 Å². The van der Waals surface area contributed by atoms with E-state index in [2.05, 4.69) is 10.6 Å². The lowest BCUT2D eigenvalue weighted by atomic mass is 9.83. The third-order valence-corrected chi connectivity index (χ3v) is 5.42. The predicted octanol–water partition coefficient (Wildman–Crippen LogP) is 2.77. The molecule has 2 N–H and O–H groups in total. The lowest BCUT2D eigenvalue weighted by Crippen LogP contribution is -2.32. The Balaban J connectivity index is 1.35. The lowest BCUT2D eigenvalue weighted by Gasteiger charge is -2.20. The molecule has 0 spiro atoms. The molecule has 1 aliphatic carbocycles. The number of hydrogen-bond donors (Lipinski definition) is 2. The molecule has 9 heteroatoms. The van der Waals surface area contributed by atoms with Crippen molar-refractivity contribution in [2.75, 3.05) is 25.1 Å². The highest BCUT2D eigenvalue weighted by Crippen LogP contribution is 2.31. The zero-order valence-corrected chi connectivity index (χ0v) is 19.3. The quantitative estimate of drug-likeness (QED) is 0.367. The smallest absolute Gasteiger partial charge is 0.325 e. The van der Waals surface area contributed by atoms with Crippen LogP contribution in [-0.2, 0) is 14.3 Å². The Morgan fingerprint density at radius 2 is 1.47 bits per heavy atom. The van der Waals surface area contributed by atoms with E-state index < -0.39 is 30.9 Å². The summed E-state index contributed by atoms with van der Waals surface area (Å²) in [6, 6.07) is 17.6. The van der Waals surface area contributed by atoms with Crippen molar-refractivity contribution in [3.05, 3.63) is 94.5 Å². The molecule has 3 aromatic carbocycles. The van der Waals surface area contributed by atoms with E-state index in [1.54, 1.807) is 61.5 Å². The molecule has 0 unspecified atom stereocenters. The third kappa shape index (κ3) is 5.00. The first-order valence-corrected chi connectivity index (χ1v) is 11.2. The number of anilines is 1. The second-order valence-electron chi connectivity index (χ2n) is 7.75. The van der Waals surface area contributed by atoms with Crippen LogP contribution in [-0.4, -0.2) is 49.1 Å². The van der Waals surface area contributed by atoms with E-state index in [0.29, 0.717) is 17.9 Å². The number of rotatable bonds is 8. The van der Waals surface area contributed by atoms with Gasteiger partial charge in [-0.15, -0.1) is 0 Å². The minimum atomic E-state index is -0.831. The van der Waals surface area contributed by atoms with Crippen molar-refractivity contribution in [2.45, 2.75) is 6.92 Å². The highest BCUT2D eigenvalue weighted by Gasteiger charge is 2.31. The molecule has 0 bridgehead atoms. The number of fused-ring (bicyclic) bond motifs is 2. The highest BCUT2D eigenvalue weighted by atomic mass is 16.5. The normalized spacial score (nSPS) is 11.7. The molecule has 0 aromatic heterocycles. The van der Waals surface area contributed by atoms with Crippen molar-refractivity contribution in [1.82, 2.24) is 5.32 Å². The van der Waals surface area contributed by atoms with E-state index in [0.717, 1.165) is 0 Å². The Bertz CT molecular complexity index is 1380. The van der Waals surface area contributed by atoms with Gasteiger partial charge in [0.2, 0.25) is 0 Å². The summed E-state index contributed by atoms with van der Waals surface area (Å²) in [5.74, 6) is -2.38. The molecule has 36 heavy (non-hydrogen) atoms. The van der Waals surface area contributed by atoms with Gasteiger partial charge >= 0.3 is 5.97 Å². The molecule has 0 atom stereocenters.